The molecule has 0 bridgehead atoms. The van der Waals surface area contributed by atoms with Gasteiger partial charge < -0.3 is 9.84 Å². The van der Waals surface area contributed by atoms with Gasteiger partial charge in [-0.05, 0) is 32.0 Å². The van der Waals surface area contributed by atoms with Crippen LogP contribution in [-0.2, 0) is 6.54 Å². The molecule has 0 radical (unpaired) electrons. The average Bonchev–Trinajstić information content (AvgIpc) is 3.24. The van der Waals surface area contributed by atoms with E-state index in [-0.39, 0.29) is 12.1 Å². The summed E-state index contributed by atoms with van der Waals surface area (Å²) in [7, 11) is 0. The first-order chi connectivity index (χ1) is 10.7. The van der Waals surface area contributed by atoms with Gasteiger partial charge >= 0.3 is 0 Å². The Morgan fingerprint density at radius 1 is 1.18 bits per heavy atom. The minimum atomic E-state index is 0.235. The van der Waals surface area contributed by atoms with Crippen LogP contribution in [0.1, 0.15) is 25.7 Å². The summed E-state index contributed by atoms with van der Waals surface area (Å²) < 4.78 is 7.23. The van der Waals surface area contributed by atoms with Crippen molar-refractivity contribution in [2.75, 3.05) is 0 Å². The third-order valence-corrected chi connectivity index (χ3v) is 3.74. The zero-order chi connectivity index (χ0) is 15.4. The molecule has 1 aromatic carbocycles. The van der Waals surface area contributed by atoms with Crippen molar-refractivity contribution in [2.24, 2.45) is 0 Å². The molecule has 0 saturated carbocycles. The highest BCUT2D eigenvalue weighted by atomic mass is 16.5. The highest BCUT2D eigenvalue weighted by molar-refractivity contribution is 5.51. The van der Waals surface area contributed by atoms with Crippen molar-refractivity contribution in [3.05, 3.63) is 54.6 Å². The van der Waals surface area contributed by atoms with E-state index < -0.39 is 0 Å². The van der Waals surface area contributed by atoms with Crippen LogP contribution in [0.4, 0.5) is 0 Å². The number of rotatable bonds is 6. The van der Waals surface area contributed by atoms with E-state index in [9.17, 15) is 0 Å². The maximum atomic E-state index is 5.30. The van der Waals surface area contributed by atoms with Gasteiger partial charge in [0, 0.05) is 24.0 Å². The van der Waals surface area contributed by atoms with Gasteiger partial charge in [-0.3, -0.25) is 4.68 Å². The molecule has 0 amide bonds. The zero-order valence-electron chi connectivity index (χ0n) is 12.7. The number of nitrogens with one attached hydrogen (secondary N) is 1. The van der Waals surface area contributed by atoms with Crippen molar-refractivity contribution in [3.63, 3.8) is 0 Å². The average molecular weight is 297 g/mol. The highest BCUT2D eigenvalue weighted by Gasteiger charge is 2.15. The molecule has 0 aliphatic rings. The van der Waals surface area contributed by atoms with E-state index in [1.54, 1.807) is 6.20 Å². The quantitative estimate of drug-likeness (QED) is 0.757. The molecule has 0 aliphatic carbocycles. The van der Waals surface area contributed by atoms with Crippen LogP contribution in [0, 0.1) is 0 Å². The molecule has 0 aliphatic heterocycles. The Bertz CT molecular complexity index is 692. The first kappa shape index (κ1) is 14.5. The van der Waals surface area contributed by atoms with Gasteiger partial charge in [0.2, 0.25) is 0 Å². The number of hydrogen-bond acceptors (Lipinski definition) is 5. The van der Waals surface area contributed by atoms with Gasteiger partial charge in [0.15, 0.2) is 5.82 Å². The van der Waals surface area contributed by atoms with E-state index in [1.807, 2.05) is 47.3 Å². The van der Waals surface area contributed by atoms with Crippen LogP contribution in [-0.4, -0.2) is 26.0 Å². The molecule has 6 heteroatoms. The normalized spacial score (nSPS) is 13.9. The fourth-order valence-electron chi connectivity index (χ4n) is 2.20. The summed E-state index contributed by atoms with van der Waals surface area (Å²) >= 11 is 0. The van der Waals surface area contributed by atoms with Crippen LogP contribution in [0.25, 0.3) is 11.5 Å². The topological polar surface area (TPSA) is 68.8 Å². The van der Waals surface area contributed by atoms with Crippen LogP contribution in [0.15, 0.2) is 53.3 Å². The Labute approximate surface area is 129 Å². The smallest absolute Gasteiger partial charge is 0.257 e. The van der Waals surface area contributed by atoms with Gasteiger partial charge in [0.25, 0.3) is 5.89 Å². The van der Waals surface area contributed by atoms with E-state index >= 15 is 0 Å². The van der Waals surface area contributed by atoms with Crippen molar-refractivity contribution in [1.29, 1.82) is 0 Å². The summed E-state index contributed by atoms with van der Waals surface area (Å²) in [6.07, 6.45) is 3.75. The molecule has 22 heavy (non-hydrogen) atoms. The molecule has 1 N–H and O–H groups in total. The summed E-state index contributed by atoms with van der Waals surface area (Å²) in [6, 6.07) is 12.2. The molecule has 3 rings (SSSR count). The van der Waals surface area contributed by atoms with Crippen molar-refractivity contribution in [1.82, 2.24) is 25.2 Å². The molecular weight excluding hydrogens is 278 g/mol. The van der Waals surface area contributed by atoms with Crippen molar-refractivity contribution in [3.8, 4) is 11.5 Å². The van der Waals surface area contributed by atoms with E-state index in [0.717, 1.165) is 5.56 Å². The molecule has 2 heterocycles. The van der Waals surface area contributed by atoms with Gasteiger partial charge in [-0.2, -0.15) is 10.1 Å². The lowest BCUT2D eigenvalue weighted by atomic mass is 10.2. The minimum Gasteiger partial charge on any atom is -0.334 e. The molecule has 3 aromatic rings. The van der Waals surface area contributed by atoms with Crippen LogP contribution in [0.5, 0.6) is 0 Å². The molecule has 0 saturated heterocycles. The van der Waals surface area contributed by atoms with Gasteiger partial charge in [0.05, 0.1) is 12.6 Å². The molecule has 0 unspecified atom stereocenters. The molecule has 2 aromatic heterocycles. The van der Waals surface area contributed by atoms with E-state index in [0.29, 0.717) is 18.3 Å². The van der Waals surface area contributed by atoms with Gasteiger partial charge in [0.1, 0.15) is 0 Å². The lowest BCUT2D eigenvalue weighted by Gasteiger charge is -2.20. The number of hydrogen-bond donors (Lipinski definition) is 1. The van der Waals surface area contributed by atoms with Gasteiger partial charge in [-0.1, -0.05) is 23.4 Å². The maximum absolute atomic E-state index is 5.30. The summed E-state index contributed by atoms with van der Waals surface area (Å²) in [6.45, 7) is 4.80. The predicted octanol–water partition coefficient (Wildman–Crippen LogP) is 2.67. The monoisotopic (exact) mass is 297 g/mol. The van der Waals surface area contributed by atoms with E-state index in [4.69, 9.17) is 4.52 Å². The van der Waals surface area contributed by atoms with Crippen molar-refractivity contribution in [2.45, 2.75) is 32.5 Å². The fourth-order valence-corrected chi connectivity index (χ4v) is 2.20. The molecule has 114 valence electrons. The lowest BCUT2D eigenvalue weighted by Crippen LogP contribution is -2.33. The second-order valence-corrected chi connectivity index (χ2v) is 5.28. The van der Waals surface area contributed by atoms with E-state index in [1.165, 1.54) is 0 Å². The van der Waals surface area contributed by atoms with Crippen molar-refractivity contribution >= 4 is 0 Å². The number of aromatic nitrogens is 4. The van der Waals surface area contributed by atoms with Crippen LogP contribution >= 0.6 is 0 Å². The predicted molar refractivity (Wildman–Crippen MR) is 83.0 cm³/mol. The number of nitrogens with zero attached hydrogens (tertiary/aromatic N) is 4. The first-order valence-electron chi connectivity index (χ1n) is 7.34. The third-order valence-electron chi connectivity index (χ3n) is 3.74. The minimum absolute atomic E-state index is 0.235. The molecule has 6 nitrogen and oxygen atoms in total. The van der Waals surface area contributed by atoms with Crippen LogP contribution in [0.3, 0.4) is 0 Å². The lowest BCUT2D eigenvalue weighted by molar-refractivity contribution is 0.357. The van der Waals surface area contributed by atoms with Gasteiger partial charge in [-0.15, -0.1) is 0 Å². The summed E-state index contributed by atoms with van der Waals surface area (Å²) in [5.74, 6) is 1.20. The summed E-state index contributed by atoms with van der Waals surface area (Å²) in [4.78, 5) is 4.41. The second kappa shape index (κ2) is 6.53. The third kappa shape index (κ3) is 3.23. The molecule has 2 atom stereocenters. The SMILES string of the molecule is C[C@H](NCc1noc(-c2ccccc2)n1)[C@H](C)n1cccn1. The Balaban J connectivity index is 1.59. The molecule has 0 spiro atoms. The first-order valence-corrected chi connectivity index (χ1v) is 7.34. The Morgan fingerprint density at radius 2 is 2.00 bits per heavy atom. The largest absolute Gasteiger partial charge is 0.334 e. The number of benzene rings is 1. The fraction of sp³-hybridized carbons (Fsp3) is 0.312. The van der Waals surface area contributed by atoms with Crippen molar-refractivity contribution < 1.29 is 4.52 Å². The standard InChI is InChI=1S/C16H19N5O/c1-12(13(2)21-10-6-9-18-21)17-11-15-19-16(22-20-15)14-7-4-3-5-8-14/h3-10,12-13,17H,11H2,1-2H3/t12-,13-/m0/s1. The second-order valence-electron chi connectivity index (χ2n) is 5.28. The summed E-state index contributed by atoms with van der Waals surface area (Å²) in [5, 5.41) is 11.7. The van der Waals surface area contributed by atoms with Crippen LogP contribution in [0.2, 0.25) is 0 Å². The zero-order valence-corrected chi connectivity index (χ0v) is 12.7. The van der Waals surface area contributed by atoms with E-state index in [2.05, 4.69) is 34.4 Å². The molecular formula is C16H19N5O. The maximum Gasteiger partial charge on any atom is 0.257 e. The van der Waals surface area contributed by atoms with Gasteiger partial charge in [-0.25, -0.2) is 0 Å². The summed E-state index contributed by atoms with van der Waals surface area (Å²) in [5.41, 5.74) is 0.930. The molecule has 0 fully saturated rings. The highest BCUT2D eigenvalue weighted by Crippen LogP contribution is 2.16. The Hall–Kier alpha value is -2.47. The Morgan fingerprint density at radius 3 is 2.73 bits per heavy atom. The van der Waals surface area contributed by atoms with Crippen LogP contribution < -0.4 is 5.32 Å². The Kier molecular flexibility index (Phi) is 4.29.